The molecule has 23 heteroatoms. The number of nitrogens with one attached hydrogen (secondary N) is 3. The maximum Gasteiger partial charge on any atom is 0.416 e. The molecule has 0 radical (unpaired) electrons. The Kier molecular flexibility index (Phi) is 25.6. The smallest absolute Gasteiger partial charge is 0.416 e. The number of benzene rings is 9. The van der Waals surface area contributed by atoms with Gasteiger partial charge in [-0.1, -0.05) is 113 Å². The van der Waals surface area contributed by atoms with Crippen LogP contribution in [0.4, 0.5) is 14.4 Å². The number of hydrogen-bond acceptors (Lipinski definition) is 12. The summed E-state index contributed by atoms with van der Waals surface area (Å²) >= 11 is 31.0. The monoisotopic (exact) mass is 1630 g/mol. The summed E-state index contributed by atoms with van der Waals surface area (Å²) < 4.78 is 40.2. The van der Waals surface area contributed by atoms with Crippen LogP contribution in [0.15, 0.2) is 213 Å². The molecule has 17 rings (SSSR count). The molecule has 3 N–H and O–H groups in total. The fourth-order valence-electron chi connectivity index (χ4n) is 16.1. The topological polar surface area (TPSA) is 179 Å². The molecule has 0 saturated carbocycles. The molecule has 5 aliphatic rings. The molecule has 2 saturated heterocycles. The van der Waals surface area contributed by atoms with Gasteiger partial charge >= 0.3 is 18.3 Å². The molecule has 5 aliphatic heterocycles. The van der Waals surface area contributed by atoms with Gasteiger partial charge in [0.15, 0.2) is 0 Å². The second-order valence-electron chi connectivity index (χ2n) is 29.0. The van der Waals surface area contributed by atoms with Crippen LogP contribution in [-0.2, 0) is 19.3 Å². The summed E-state index contributed by atoms with van der Waals surface area (Å²) in [6.45, 7) is 14.0. The summed E-state index contributed by atoms with van der Waals surface area (Å²) in [5.74, 6) is 4.45. The summed E-state index contributed by atoms with van der Waals surface area (Å²) in [6.07, 6.45) is 11.1. The molecule has 114 heavy (non-hydrogen) atoms. The normalized spacial score (nSPS) is 16.7. The fraction of sp³-hybridized carbons (Fsp3) is 0.286. The number of halogens is 5. The van der Waals surface area contributed by atoms with Crippen LogP contribution in [0.1, 0.15) is 114 Å². The molecule has 588 valence electrons. The third-order valence-electron chi connectivity index (χ3n) is 21.7. The molecule has 2 fully saturated rings. The SMILES string of the molecule is C=CCOc1ccc(C2c3[nH]c4ccc(Cl)cc4c3CCN2C(=O)Oc2ccc(OC)cc2)cc1.O=C(Oc1ccc(Cl)cc1)N1CCc2c([nH]c3ccc(Cl)cc23)C1c1ccc(OCCCN2CCCC2)cc1.O=C(Oc1ccc(Cl)cc1)N1CCc2c([nH]c3ccc(Cl)cc23)C1c1ccc(OCCCN2CCCCC2)cc1. The van der Waals surface area contributed by atoms with E-state index in [1.165, 1.54) is 69.4 Å². The summed E-state index contributed by atoms with van der Waals surface area (Å²) in [4.78, 5) is 61.4. The lowest BCUT2D eigenvalue weighted by atomic mass is 9.92. The average molecular weight is 1630 g/mol. The summed E-state index contributed by atoms with van der Waals surface area (Å²) in [5, 5.41) is 6.50. The van der Waals surface area contributed by atoms with Gasteiger partial charge in [-0.3, -0.25) is 14.7 Å². The second kappa shape index (κ2) is 36.9. The Bertz CT molecular complexity index is 5320. The highest BCUT2D eigenvalue weighted by Crippen LogP contribution is 2.44. The number of fused-ring (bicyclic) bond motifs is 9. The lowest BCUT2D eigenvalue weighted by Crippen LogP contribution is -2.42. The minimum atomic E-state index is -0.422. The lowest BCUT2D eigenvalue weighted by molar-refractivity contribution is 0.134. The van der Waals surface area contributed by atoms with Crippen molar-refractivity contribution < 1.29 is 47.5 Å². The number of rotatable bonds is 20. The van der Waals surface area contributed by atoms with Gasteiger partial charge in [0.25, 0.3) is 0 Å². The van der Waals surface area contributed by atoms with Crippen molar-refractivity contribution in [2.24, 2.45) is 0 Å². The number of carbonyl (C=O) groups excluding carboxylic acids is 3. The second-order valence-corrected chi connectivity index (χ2v) is 31.2. The van der Waals surface area contributed by atoms with Crippen LogP contribution in [0.3, 0.4) is 0 Å². The van der Waals surface area contributed by atoms with Gasteiger partial charge in [-0.05, 0) is 281 Å². The van der Waals surface area contributed by atoms with E-state index in [0.717, 1.165) is 115 Å². The molecular weight excluding hydrogens is 1540 g/mol. The van der Waals surface area contributed by atoms with E-state index in [4.69, 9.17) is 91.2 Å². The Hall–Kier alpha value is -10.3. The predicted octanol–water partition coefficient (Wildman–Crippen LogP) is 21.9. The van der Waals surface area contributed by atoms with Crippen LogP contribution in [0.25, 0.3) is 32.7 Å². The zero-order valence-corrected chi connectivity index (χ0v) is 67.1. The van der Waals surface area contributed by atoms with Gasteiger partial charge in [-0.2, -0.15) is 0 Å². The largest absolute Gasteiger partial charge is 0.497 e. The van der Waals surface area contributed by atoms with E-state index in [-0.39, 0.29) is 18.1 Å². The number of carbonyl (C=O) groups is 3. The quantitative estimate of drug-likeness (QED) is 0.0486. The van der Waals surface area contributed by atoms with Crippen LogP contribution in [0.2, 0.25) is 25.1 Å². The zero-order chi connectivity index (χ0) is 78.6. The predicted molar refractivity (Wildman–Crippen MR) is 452 cm³/mol. The number of aromatic nitrogens is 3. The highest BCUT2D eigenvalue weighted by molar-refractivity contribution is 6.32. The van der Waals surface area contributed by atoms with Gasteiger partial charge in [0.2, 0.25) is 0 Å². The molecule has 3 amide bonds. The number of methoxy groups -OCH3 is 1. The van der Waals surface area contributed by atoms with E-state index >= 15 is 0 Å². The number of ether oxygens (including phenoxy) is 7. The highest BCUT2D eigenvalue weighted by atomic mass is 35.5. The first-order chi connectivity index (χ1) is 55.7. The van der Waals surface area contributed by atoms with Crippen molar-refractivity contribution >= 4 is 109 Å². The van der Waals surface area contributed by atoms with Crippen LogP contribution in [-0.4, -0.2) is 144 Å². The standard InChI is InChI=1S/C32H33Cl2N3O3.C31H31Cl2N3O3.C28H25ClN2O4/c33-23-7-12-26(13-8-23)40-32(38)37-19-15-27-28-21-24(34)9-14-29(28)35-30(27)31(37)22-5-10-25(11-6-22)39-20-4-18-36-16-2-1-3-17-36;32-22-6-11-25(12-7-22)39-31(37)36-18-14-26-27-20-23(33)8-13-28(27)34-29(26)30(36)21-4-9-24(10-5-21)38-19-3-17-35-15-1-2-16-35;1-3-16-34-21-7-4-18(5-8-21)27-26-23(24-17-19(29)6-13-25(24)30-26)14-15-31(27)28(32)35-22-11-9-20(33-2)10-12-22/h5-14,21,31,35H,1-4,15-20H2;4-13,20,30,34H,1-3,14-19H2;3-13,17,27,30H,1,14-16H2,2H3. The Morgan fingerprint density at radius 3 is 1.01 bits per heavy atom. The average Bonchev–Trinajstić information content (AvgIpc) is 1.59. The number of amides is 3. The van der Waals surface area contributed by atoms with Crippen molar-refractivity contribution in [2.75, 3.05) is 85.8 Å². The fourth-order valence-corrected chi connectivity index (χ4v) is 16.8. The maximum atomic E-state index is 13.5. The van der Waals surface area contributed by atoms with E-state index in [2.05, 4.69) is 31.3 Å². The minimum absolute atomic E-state index is 0.344. The van der Waals surface area contributed by atoms with Crippen molar-refractivity contribution in [3.8, 4) is 40.2 Å². The molecule has 0 bridgehead atoms. The first-order valence-corrected chi connectivity index (χ1v) is 40.8. The summed E-state index contributed by atoms with van der Waals surface area (Å²) in [6, 6.07) is 61.0. The Balaban J connectivity index is 0.000000135. The first-order valence-electron chi connectivity index (χ1n) is 38.9. The van der Waals surface area contributed by atoms with E-state index in [1.54, 1.807) is 101 Å². The maximum absolute atomic E-state index is 13.5. The third kappa shape index (κ3) is 18.7. The van der Waals surface area contributed by atoms with Crippen molar-refractivity contribution in [3.05, 3.63) is 288 Å². The van der Waals surface area contributed by atoms with Gasteiger partial charge in [0.05, 0.1) is 20.3 Å². The van der Waals surface area contributed by atoms with Gasteiger partial charge in [-0.15, -0.1) is 0 Å². The van der Waals surface area contributed by atoms with Gasteiger partial charge in [-0.25, -0.2) is 14.4 Å². The summed E-state index contributed by atoms with van der Waals surface area (Å²) in [5.41, 5.74) is 12.3. The first kappa shape index (κ1) is 79.0. The number of likely N-dealkylation sites (tertiary alicyclic amines) is 2. The molecular formula is C91H89Cl5N8O10. The molecule has 0 aliphatic carbocycles. The third-order valence-corrected chi connectivity index (χ3v) is 22.9. The number of piperidine rings is 1. The van der Waals surface area contributed by atoms with Crippen molar-refractivity contribution in [1.82, 2.24) is 39.5 Å². The van der Waals surface area contributed by atoms with Crippen molar-refractivity contribution in [1.29, 1.82) is 0 Å². The van der Waals surface area contributed by atoms with Gasteiger partial charge < -0.3 is 57.9 Å². The summed E-state index contributed by atoms with van der Waals surface area (Å²) in [7, 11) is 1.60. The molecule has 0 spiro atoms. The van der Waals surface area contributed by atoms with E-state index in [1.807, 2.05) is 127 Å². The number of hydrogen-bond donors (Lipinski definition) is 3. The van der Waals surface area contributed by atoms with E-state index < -0.39 is 18.3 Å². The van der Waals surface area contributed by atoms with E-state index in [0.29, 0.717) is 107 Å². The number of nitrogens with zero attached hydrogens (tertiary/aromatic N) is 5. The highest BCUT2D eigenvalue weighted by Gasteiger charge is 2.40. The Morgan fingerprint density at radius 2 is 0.675 bits per heavy atom. The van der Waals surface area contributed by atoms with Crippen molar-refractivity contribution in [2.45, 2.75) is 82.3 Å². The lowest BCUT2D eigenvalue weighted by Gasteiger charge is -2.35. The zero-order valence-electron chi connectivity index (χ0n) is 63.3. The minimum Gasteiger partial charge on any atom is -0.497 e. The molecule has 3 atom stereocenters. The Morgan fingerprint density at radius 1 is 0.377 bits per heavy atom. The molecule has 3 unspecified atom stereocenters. The number of H-pyrrole nitrogens is 3. The molecule has 12 aromatic rings. The van der Waals surface area contributed by atoms with Crippen LogP contribution < -0.4 is 33.2 Å². The molecule has 3 aromatic heterocycles. The molecule has 8 heterocycles. The van der Waals surface area contributed by atoms with Gasteiger partial charge in [0, 0.05) is 108 Å². The molecule has 9 aromatic carbocycles. The van der Waals surface area contributed by atoms with Crippen LogP contribution in [0, 0.1) is 0 Å². The van der Waals surface area contributed by atoms with Crippen LogP contribution >= 0.6 is 58.0 Å². The van der Waals surface area contributed by atoms with Gasteiger partial charge in [0.1, 0.15) is 65.0 Å². The Labute approximate surface area is 688 Å². The van der Waals surface area contributed by atoms with Crippen molar-refractivity contribution in [3.63, 3.8) is 0 Å². The molecule has 18 nitrogen and oxygen atoms in total. The number of aromatic amines is 3. The van der Waals surface area contributed by atoms with E-state index in [9.17, 15) is 14.4 Å². The van der Waals surface area contributed by atoms with Crippen LogP contribution in [0.5, 0.6) is 40.2 Å².